The van der Waals surface area contributed by atoms with Crippen molar-refractivity contribution < 1.29 is 4.42 Å². The van der Waals surface area contributed by atoms with Gasteiger partial charge in [0.1, 0.15) is 5.52 Å². The van der Waals surface area contributed by atoms with Crippen molar-refractivity contribution in [2.24, 2.45) is 0 Å². The van der Waals surface area contributed by atoms with Crippen molar-refractivity contribution in [1.29, 1.82) is 0 Å². The molecule has 1 heterocycles. The number of benzene rings is 2. The zero-order chi connectivity index (χ0) is 14.1. The first kappa shape index (κ1) is 13.3. The molecule has 1 N–H and O–H groups in total. The largest absolute Gasteiger partial charge is 0.441 e. The first-order valence-electron chi connectivity index (χ1n) is 6.16. The summed E-state index contributed by atoms with van der Waals surface area (Å²) in [6.45, 7) is 2.48. The van der Waals surface area contributed by atoms with Gasteiger partial charge in [0.15, 0.2) is 11.5 Å². The van der Waals surface area contributed by atoms with Crippen molar-refractivity contribution in [3.63, 3.8) is 0 Å². The molecule has 3 aromatic rings. The summed E-state index contributed by atoms with van der Waals surface area (Å²) < 4.78 is 5.44. The Labute approximate surface area is 126 Å². The molecule has 0 unspecified atom stereocenters. The molecule has 0 saturated heterocycles. The third-order valence-electron chi connectivity index (χ3n) is 2.91. The molecule has 0 aliphatic rings. The van der Waals surface area contributed by atoms with E-state index in [0.717, 1.165) is 22.4 Å². The van der Waals surface area contributed by atoms with Gasteiger partial charge in [0.25, 0.3) is 0 Å². The second kappa shape index (κ2) is 5.35. The average molecular weight is 307 g/mol. The van der Waals surface area contributed by atoms with Gasteiger partial charge in [0.2, 0.25) is 0 Å². The number of rotatable bonds is 3. The lowest BCUT2D eigenvalue weighted by molar-refractivity contribution is 0.561. The lowest BCUT2D eigenvalue weighted by atomic mass is 10.2. The second-order valence-corrected chi connectivity index (χ2v) is 5.42. The molecule has 3 nitrogen and oxygen atoms in total. The van der Waals surface area contributed by atoms with Crippen molar-refractivity contribution in [3.05, 3.63) is 57.9 Å². The van der Waals surface area contributed by atoms with E-state index in [2.05, 4.69) is 10.3 Å². The minimum Gasteiger partial charge on any atom is -0.441 e. The minimum atomic E-state index is 0.636. The normalized spacial score (nSPS) is 10.9. The second-order valence-electron chi connectivity index (χ2n) is 4.55. The first-order valence-corrected chi connectivity index (χ1v) is 6.92. The van der Waals surface area contributed by atoms with Gasteiger partial charge in [-0.1, -0.05) is 23.2 Å². The van der Waals surface area contributed by atoms with Crippen LogP contribution in [-0.4, -0.2) is 4.98 Å². The van der Waals surface area contributed by atoms with Gasteiger partial charge in [-0.25, -0.2) is 4.98 Å². The van der Waals surface area contributed by atoms with Crippen LogP contribution in [0.25, 0.3) is 11.1 Å². The number of hydrogen-bond acceptors (Lipinski definition) is 3. The maximum Gasteiger partial charge on any atom is 0.192 e. The fraction of sp³-hybridized carbons (Fsp3) is 0.133. The smallest absolute Gasteiger partial charge is 0.192 e. The maximum atomic E-state index is 5.98. The Morgan fingerprint density at radius 2 is 1.85 bits per heavy atom. The van der Waals surface area contributed by atoms with E-state index in [4.69, 9.17) is 27.6 Å². The van der Waals surface area contributed by atoms with Crippen LogP contribution in [0.2, 0.25) is 10.0 Å². The van der Waals surface area contributed by atoms with Crippen LogP contribution in [0.15, 0.2) is 40.8 Å². The molecular weight excluding hydrogens is 295 g/mol. The molecule has 102 valence electrons. The van der Waals surface area contributed by atoms with Gasteiger partial charge in [-0.2, -0.15) is 0 Å². The highest BCUT2D eigenvalue weighted by molar-refractivity contribution is 6.34. The predicted octanol–water partition coefficient (Wildman–Crippen LogP) is 5.06. The van der Waals surface area contributed by atoms with E-state index in [1.807, 2.05) is 37.3 Å². The lowest BCUT2D eigenvalue weighted by Crippen LogP contribution is -1.99. The van der Waals surface area contributed by atoms with Crippen LogP contribution in [0.3, 0.4) is 0 Å². The highest BCUT2D eigenvalue weighted by Gasteiger charge is 2.03. The number of aromatic nitrogens is 1. The highest BCUT2D eigenvalue weighted by atomic mass is 35.5. The third kappa shape index (κ3) is 2.89. The van der Waals surface area contributed by atoms with Gasteiger partial charge in [0, 0.05) is 29.2 Å². The van der Waals surface area contributed by atoms with Crippen molar-refractivity contribution in [1.82, 2.24) is 4.98 Å². The molecule has 1 aromatic heterocycles. The minimum absolute atomic E-state index is 0.636. The highest BCUT2D eigenvalue weighted by Crippen LogP contribution is 2.22. The Morgan fingerprint density at radius 3 is 2.60 bits per heavy atom. The topological polar surface area (TPSA) is 38.1 Å². The summed E-state index contributed by atoms with van der Waals surface area (Å²) >= 11 is 12.0. The summed E-state index contributed by atoms with van der Waals surface area (Å²) in [5.74, 6) is 0.666. The van der Waals surface area contributed by atoms with Crippen LogP contribution in [0, 0.1) is 6.92 Å². The molecule has 3 rings (SSSR count). The molecule has 0 amide bonds. The summed E-state index contributed by atoms with van der Waals surface area (Å²) in [5, 5.41) is 4.59. The summed E-state index contributed by atoms with van der Waals surface area (Å²) in [6, 6.07) is 11.3. The molecule has 0 saturated carbocycles. The summed E-state index contributed by atoms with van der Waals surface area (Å²) in [6.07, 6.45) is 0. The van der Waals surface area contributed by atoms with Gasteiger partial charge in [-0.3, -0.25) is 0 Å². The molecule has 0 fully saturated rings. The Morgan fingerprint density at radius 1 is 1.10 bits per heavy atom. The summed E-state index contributed by atoms with van der Waals surface area (Å²) in [5.41, 5.74) is 3.64. The van der Waals surface area contributed by atoms with Gasteiger partial charge in [-0.15, -0.1) is 0 Å². The zero-order valence-electron chi connectivity index (χ0n) is 10.8. The number of nitrogens with one attached hydrogen (secondary N) is 1. The Balaban J connectivity index is 1.79. The fourth-order valence-corrected chi connectivity index (χ4v) is 2.64. The number of aryl methyl sites for hydroxylation is 1. The molecule has 0 bridgehead atoms. The van der Waals surface area contributed by atoms with E-state index >= 15 is 0 Å². The van der Waals surface area contributed by atoms with Crippen LogP contribution < -0.4 is 5.32 Å². The van der Waals surface area contributed by atoms with Gasteiger partial charge in [0.05, 0.1) is 0 Å². The SMILES string of the molecule is Cc1nc2cc(NCc3cc(Cl)cc(Cl)c3)ccc2o1. The van der Waals surface area contributed by atoms with Crippen molar-refractivity contribution >= 4 is 40.0 Å². The zero-order valence-corrected chi connectivity index (χ0v) is 12.3. The predicted molar refractivity (Wildman–Crippen MR) is 82.5 cm³/mol. The number of oxazole rings is 1. The Hall–Kier alpha value is -1.71. The number of anilines is 1. The van der Waals surface area contributed by atoms with E-state index in [0.29, 0.717) is 22.5 Å². The fourth-order valence-electron chi connectivity index (χ4n) is 2.07. The molecule has 0 aliphatic heterocycles. The third-order valence-corrected chi connectivity index (χ3v) is 3.35. The molecule has 0 aliphatic carbocycles. The lowest BCUT2D eigenvalue weighted by Gasteiger charge is -2.07. The van der Waals surface area contributed by atoms with E-state index in [1.165, 1.54) is 0 Å². The van der Waals surface area contributed by atoms with Crippen LogP contribution in [-0.2, 0) is 6.54 Å². The summed E-state index contributed by atoms with van der Waals surface area (Å²) in [4.78, 5) is 4.31. The van der Waals surface area contributed by atoms with Gasteiger partial charge < -0.3 is 9.73 Å². The van der Waals surface area contributed by atoms with Gasteiger partial charge in [-0.05, 0) is 42.0 Å². The van der Waals surface area contributed by atoms with Crippen molar-refractivity contribution in [3.8, 4) is 0 Å². The molecule has 0 radical (unpaired) electrons. The molecular formula is C15H12Cl2N2O. The number of fused-ring (bicyclic) bond motifs is 1. The Kier molecular flexibility index (Phi) is 3.55. The van der Waals surface area contributed by atoms with E-state index in [1.54, 1.807) is 6.07 Å². The van der Waals surface area contributed by atoms with E-state index < -0.39 is 0 Å². The Bertz CT molecular complexity index is 747. The molecule has 5 heteroatoms. The number of nitrogens with zero attached hydrogens (tertiary/aromatic N) is 1. The first-order chi connectivity index (χ1) is 9.60. The van der Waals surface area contributed by atoms with Crippen LogP contribution in [0.1, 0.15) is 11.5 Å². The van der Waals surface area contributed by atoms with E-state index in [-0.39, 0.29) is 0 Å². The average Bonchev–Trinajstić information content (AvgIpc) is 2.74. The van der Waals surface area contributed by atoms with Crippen LogP contribution in [0.5, 0.6) is 0 Å². The molecule has 2 aromatic carbocycles. The van der Waals surface area contributed by atoms with Crippen molar-refractivity contribution in [2.45, 2.75) is 13.5 Å². The summed E-state index contributed by atoms with van der Waals surface area (Å²) in [7, 11) is 0. The monoisotopic (exact) mass is 306 g/mol. The number of hydrogen-bond donors (Lipinski definition) is 1. The standard InChI is InChI=1S/C15H12Cl2N2O/c1-9-19-14-7-13(2-3-15(14)20-9)18-8-10-4-11(16)6-12(17)5-10/h2-7,18H,8H2,1H3. The molecule has 20 heavy (non-hydrogen) atoms. The maximum absolute atomic E-state index is 5.98. The quantitative estimate of drug-likeness (QED) is 0.735. The molecule has 0 atom stereocenters. The van der Waals surface area contributed by atoms with Crippen LogP contribution in [0.4, 0.5) is 5.69 Å². The van der Waals surface area contributed by atoms with Gasteiger partial charge >= 0.3 is 0 Å². The molecule has 0 spiro atoms. The van der Waals surface area contributed by atoms with Crippen LogP contribution >= 0.6 is 23.2 Å². The number of halogens is 2. The van der Waals surface area contributed by atoms with Crippen molar-refractivity contribution in [2.75, 3.05) is 5.32 Å². The van der Waals surface area contributed by atoms with E-state index in [9.17, 15) is 0 Å².